The molecule has 0 saturated carbocycles. The predicted molar refractivity (Wildman–Crippen MR) is 102 cm³/mol. The van der Waals surface area contributed by atoms with Gasteiger partial charge in [0.1, 0.15) is 5.75 Å². The summed E-state index contributed by atoms with van der Waals surface area (Å²) in [5.41, 5.74) is 0. The fraction of sp³-hybridized carbons (Fsp3) is 0.632. The molecule has 1 amide bonds. The Morgan fingerprint density at radius 1 is 1.23 bits per heavy atom. The van der Waals surface area contributed by atoms with E-state index in [4.69, 9.17) is 4.74 Å². The lowest BCUT2D eigenvalue weighted by atomic mass is 9.97. The minimum Gasteiger partial charge on any atom is -0.494 e. The van der Waals surface area contributed by atoms with Gasteiger partial charge in [-0.15, -0.1) is 0 Å². The Bertz CT molecular complexity index is 678. The summed E-state index contributed by atoms with van der Waals surface area (Å²) in [6, 6.07) is 6.49. The lowest BCUT2D eigenvalue weighted by molar-refractivity contribution is -0.126. The molecule has 7 heteroatoms. The molecule has 1 aromatic rings. The molecular weight excluding hydrogens is 352 g/mol. The van der Waals surface area contributed by atoms with Crippen LogP contribution in [0.4, 0.5) is 0 Å². The number of nitrogens with zero attached hydrogens (tertiary/aromatic N) is 1. The molecule has 146 valence electrons. The van der Waals surface area contributed by atoms with Gasteiger partial charge in [-0.3, -0.25) is 4.79 Å². The summed E-state index contributed by atoms with van der Waals surface area (Å²) >= 11 is 0. The van der Waals surface area contributed by atoms with Crippen LogP contribution in [0.25, 0.3) is 0 Å². The molecule has 1 aliphatic rings. The smallest absolute Gasteiger partial charge is 0.243 e. The maximum atomic E-state index is 12.8. The van der Waals surface area contributed by atoms with Gasteiger partial charge in [0.25, 0.3) is 0 Å². The molecule has 0 bridgehead atoms. The minimum absolute atomic E-state index is 0.0452. The number of amides is 1. The van der Waals surface area contributed by atoms with Crippen LogP contribution in [0, 0.1) is 11.8 Å². The molecule has 0 radical (unpaired) electrons. The van der Waals surface area contributed by atoms with Crippen molar-refractivity contribution in [2.24, 2.45) is 11.8 Å². The molecule has 6 nitrogen and oxygen atoms in total. The first-order valence-electron chi connectivity index (χ1n) is 9.35. The van der Waals surface area contributed by atoms with Crippen LogP contribution in [0.3, 0.4) is 0 Å². The van der Waals surface area contributed by atoms with Gasteiger partial charge in [0.2, 0.25) is 15.9 Å². The molecule has 0 atom stereocenters. The van der Waals surface area contributed by atoms with E-state index in [9.17, 15) is 13.2 Å². The van der Waals surface area contributed by atoms with Crippen molar-refractivity contribution in [3.05, 3.63) is 24.3 Å². The van der Waals surface area contributed by atoms with E-state index < -0.39 is 10.0 Å². The Morgan fingerprint density at radius 2 is 1.85 bits per heavy atom. The number of rotatable bonds is 8. The van der Waals surface area contributed by atoms with Crippen LogP contribution < -0.4 is 10.1 Å². The lowest BCUT2D eigenvalue weighted by Gasteiger charge is -2.30. The van der Waals surface area contributed by atoms with Crippen molar-refractivity contribution in [3.63, 3.8) is 0 Å². The monoisotopic (exact) mass is 382 g/mol. The molecule has 0 aromatic heterocycles. The summed E-state index contributed by atoms with van der Waals surface area (Å²) in [5, 5.41) is 2.97. The van der Waals surface area contributed by atoms with Crippen molar-refractivity contribution in [3.8, 4) is 5.75 Å². The SMILES string of the molecule is CCOc1ccc(S(=O)(=O)N2CCC(C(=O)NCCC(C)C)CC2)cc1. The first-order chi connectivity index (χ1) is 12.3. The van der Waals surface area contributed by atoms with E-state index >= 15 is 0 Å². The van der Waals surface area contributed by atoms with Crippen molar-refractivity contribution in [2.75, 3.05) is 26.2 Å². The number of nitrogens with one attached hydrogen (secondary N) is 1. The topological polar surface area (TPSA) is 75.7 Å². The third-order valence-corrected chi connectivity index (χ3v) is 6.53. The predicted octanol–water partition coefficient (Wildman–Crippen LogP) is 2.65. The van der Waals surface area contributed by atoms with Gasteiger partial charge in [0, 0.05) is 25.6 Å². The Kier molecular flexibility index (Phi) is 7.46. The Labute approximate surface area is 157 Å². The van der Waals surface area contributed by atoms with Gasteiger partial charge in [-0.1, -0.05) is 13.8 Å². The van der Waals surface area contributed by atoms with Crippen molar-refractivity contribution < 1.29 is 17.9 Å². The average molecular weight is 383 g/mol. The Hall–Kier alpha value is -1.60. The highest BCUT2D eigenvalue weighted by Gasteiger charge is 2.31. The largest absolute Gasteiger partial charge is 0.494 e. The third kappa shape index (κ3) is 5.45. The number of sulfonamides is 1. The minimum atomic E-state index is -3.52. The molecular formula is C19H30N2O4S. The van der Waals surface area contributed by atoms with Gasteiger partial charge < -0.3 is 10.1 Å². The summed E-state index contributed by atoms with van der Waals surface area (Å²) in [7, 11) is -3.52. The second-order valence-electron chi connectivity index (χ2n) is 7.06. The zero-order valence-corrected chi connectivity index (χ0v) is 16.7. The fourth-order valence-electron chi connectivity index (χ4n) is 3.01. The van der Waals surface area contributed by atoms with E-state index in [1.54, 1.807) is 24.3 Å². The van der Waals surface area contributed by atoms with Gasteiger partial charge in [-0.2, -0.15) is 4.31 Å². The van der Waals surface area contributed by atoms with Gasteiger partial charge in [-0.25, -0.2) is 8.42 Å². The van der Waals surface area contributed by atoms with Crippen LogP contribution in [0.5, 0.6) is 5.75 Å². The number of piperidine rings is 1. The van der Waals surface area contributed by atoms with Crippen LogP contribution >= 0.6 is 0 Å². The van der Waals surface area contributed by atoms with Crippen LogP contribution in [-0.2, 0) is 14.8 Å². The van der Waals surface area contributed by atoms with Crippen molar-refractivity contribution in [2.45, 2.75) is 44.9 Å². The third-order valence-electron chi connectivity index (χ3n) is 4.62. The highest BCUT2D eigenvalue weighted by molar-refractivity contribution is 7.89. The molecule has 0 aliphatic carbocycles. The molecule has 26 heavy (non-hydrogen) atoms. The summed E-state index contributed by atoms with van der Waals surface area (Å²) in [6.07, 6.45) is 2.07. The number of hydrogen-bond donors (Lipinski definition) is 1. The highest BCUT2D eigenvalue weighted by Crippen LogP contribution is 2.25. The molecule has 0 spiro atoms. The molecule has 1 saturated heterocycles. The maximum Gasteiger partial charge on any atom is 0.243 e. The van der Waals surface area contributed by atoms with E-state index in [1.165, 1.54) is 4.31 Å². The number of ether oxygens (including phenoxy) is 1. The summed E-state index contributed by atoms with van der Waals surface area (Å²) < 4.78 is 32.4. The number of benzene rings is 1. The Balaban J connectivity index is 1.90. The van der Waals surface area contributed by atoms with Crippen LogP contribution in [0.1, 0.15) is 40.0 Å². The van der Waals surface area contributed by atoms with Crippen molar-refractivity contribution in [1.82, 2.24) is 9.62 Å². The van der Waals surface area contributed by atoms with E-state index in [0.29, 0.717) is 50.8 Å². The molecule has 2 rings (SSSR count). The maximum absolute atomic E-state index is 12.8. The molecule has 1 aromatic carbocycles. The first-order valence-corrected chi connectivity index (χ1v) is 10.8. The van der Waals surface area contributed by atoms with E-state index in [-0.39, 0.29) is 16.7 Å². The van der Waals surface area contributed by atoms with Gasteiger partial charge >= 0.3 is 0 Å². The zero-order valence-electron chi connectivity index (χ0n) is 15.9. The summed E-state index contributed by atoms with van der Waals surface area (Å²) in [6.45, 7) is 8.09. The standard InChI is InChI=1S/C19H30N2O4S/c1-4-25-17-5-7-18(8-6-17)26(23,24)21-13-10-16(11-14-21)19(22)20-12-9-15(2)3/h5-8,15-16H,4,9-14H2,1-3H3,(H,20,22). The molecule has 1 fully saturated rings. The fourth-order valence-corrected chi connectivity index (χ4v) is 4.48. The quantitative estimate of drug-likeness (QED) is 0.750. The van der Waals surface area contributed by atoms with E-state index in [0.717, 1.165) is 6.42 Å². The average Bonchev–Trinajstić information content (AvgIpc) is 2.62. The molecule has 0 unspecified atom stereocenters. The first kappa shape index (κ1) is 20.7. The van der Waals surface area contributed by atoms with E-state index in [1.807, 2.05) is 6.92 Å². The number of carbonyl (C=O) groups is 1. The van der Waals surface area contributed by atoms with Gasteiger partial charge in [0.15, 0.2) is 0 Å². The highest BCUT2D eigenvalue weighted by atomic mass is 32.2. The normalized spacial score (nSPS) is 16.6. The number of carbonyl (C=O) groups excluding carboxylic acids is 1. The Morgan fingerprint density at radius 3 is 2.38 bits per heavy atom. The number of hydrogen-bond acceptors (Lipinski definition) is 4. The second kappa shape index (κ2) is 9.37. The van der Waals surface area contributed by atoms with E-state index in [2.05, 4.69) is 19.2 Å². The van der Waals surface area contributed by atoms with Gasteiger partial charge in [-0.05, 0) is 56.4 Å². The lowest BCUT2D eigenvalue weighted by Crippen LogP contribution is -2.43. The zero-order chi connectivity index (χ0) is 19.2. The summed E-state index contributed by atoms with van der Waals surface area (Å²) in [5.74, 6) is 1.15. The van der Waals surface area contributed by atoms with Crippen LogP contribution in [-0.4, -0.2) is 44.9 Å². The van der Waals surface area contributed by atoms with Crippen molar-refractivity contribution in [1.29, 1.82) is 0 Å². The molecule has 1 N–H and O–H groups in total. The summed E-state index contributed by atoms with van der Waals surface area (Å²) in [4.78, 5) is 12.5. The second-order valence-corrected chi connectivity index (χ2v) is 8.99. The molecule has 1 heterocycles. The molecule has 1 aliphatic heterocycles. The van der Waals surface area contributed by atoms with Crippen LogP contribution in [0.2, 0.25) is 0 Å². The van der Waals surface area contributed by atoms with Crippen molar-refractivity contribution >= 4 is 15.9 Å². The van der Waals surface area contributed by atoms with Crippen LogP contribution in [0.15, 0.2) is 29.2 Å². The van der Waals surface area contributed by atoms with Gasteiger partial charge in [0.05, 0.1) is 11.5 Å².